The first-order valence-corrected chi connectivity index (χ1v) is 7.91. The number of hydrogen-bond donors (Lipinski definition) is 2. The number of hydrogen-bond acceptors (Lipinski definition) is 4. The summed E-state index contributed by atoms with van der Waals surface area (Å²) >= 11 is 1.70. The van der Waals surface area contributed by atoms with Crippen LogP contribution in [0.4, 0.5) is 5.69 Å². The van der Waals surface area contributed by atoms with E-state index in [1.165, 1.54) is 0 Å². The number of carbonyl (C=O) groups is 1. The Morgan fingerprint density at radius 2 is 2.35 bits per heavy atom. The van der Waals surface area contributed by atoms with Crippen molar-refractivity contribution in [2.75, 3.05) is 23.9 Å². The number of amides is 1. The smallest absolute Gasteiger partial charge is 0.241 e. The number of nitrogens with two attached hydrogens (primary N) is 1. The van der Waals surface area contributed by atoms with E-state index in [1.807, 2.05) is 24.5 Å². The van der Waals surface area contributed by atoms with Crippen LogP contribution in [0.3, 0.4) is 0 Å². The van der Waals surface area contributed by atoms with Crippen molar-refractivity contribution < 1.29 is 9.53 Å². The Bertz CT molecular complexity index is 457. The molecule has 20 heavy (non-hydrogen) atoms. The van der Waals surface area contributed by atoms with Gasteiger partial charge < -0.3 is 15.8 Å². The zero-order valence-electron chi connectivity index (χ0n) is 11.6. The summed E-state index contributed by atoms with van der Waals surface area (Å²) < 4.78 is 5.54. The summed E-state index contributed by atoms with van der Waals surface area (Å²) in [5.74, 6) is 1.70. The Balaban J connectivity index is 0.00000200. The molecule has 1 atom stereocenters. The molecule has 112 valence electrons. The fraction of sp³-hybridized carbons (Fsp3) is 0.500. The molecule has 1 amide bonds. The molecule has 4 nitrogen and oxygen atoms in total. The number of ether oxygens (including phenoxy) is 1. The maximum atomic E-state index is 11.9. The summed E-state index contributed by atoms with van der Waals surface area (Å²) in [4.78, 5) is 11.9. The van der Waals surface area contributed by atoms with Crippen molar-refractivity contribution in [3.05, 3.63) is 23.8 Å². The van der Waals surface area contributed by atoms with Crippen LogP contribution in [-0.4, -0.2) is 30.6 Å². The standard InChI is InChI=1S/C14H20N2O2S.ClH/c1-19-8-6-12(15)14(17)16-11-4-5-13-10(9-11)3-2-7-18-13;/h4-5,9,12H,2-3,6-8,15H2,1H3,(H,16,17);1H/t12-;/m0./s1. The lowest BCUT2D eigenvalue weighted by Gasteiger charge is -2.18. The van der Waals surface area contributed by atoms with Gasteiger partial charge in [0.1, 0.15) is 5.75 Å². The maximum absolute atomic E-state index is 11.9. The van der Waals surface area contributed by atoms with Gasteiger partial charge in [-0.25, -0.2) is 0 Å². The van der Waals surface area contributed by atoms with Gasteiger partial charge in [-0.1, -0.05) is 0 Å². The van der Waals surface area contributed by atoms with Gasteiger partial charge >= 0.3 is 0 Å². The summed E-state index contributed by atoms with van der Waals surface area (Å²) in [6.07, 6.45) is 4.73. The van der Waals surface area contributed by atoms with Gasteiger partial charge in [0, 0.05) is 5.69 Å². The topological polar surface area (TPSA) is 64.4 Å². The molecule has 0 unspecified atom stereocenters. The monoisotopic (exact) mass is 316 g/mol. The third-order valence-corrected chi connectivity index (χ3v) is 3.79. The number of nitrogens with one attached hydrogen (secondary N) is 1. The van der Waals surface area contributed by atoms with Crippen molar-refractivity contribution >= 4 is 35.8 Å². The summed E-state index contributed by atoms with van der Waals surface area (Å²) in [6.45, 7) is 0.776. The molecule has 1 aromatic carbocycles. The summed E-state index contributed by atoms with van der Waals surface area (Å²) in [6, 6.07) is 5.31. The van der Waals surface area contributed by atoms with Crippen molar-refractivity contribution in [2.24, 2.45) is 5.73 Å². The molecular formula is C14H21ClN2O2S. The van der Waals surface area contributed by atoms with E-state index < -0.39 is 6.04 Å². The van der Waals surface area contributed by atoms with E-state index in [2.05, 4.69) is 5.32 Å². The second kappa shape index (κ2) is 8.39. The summed E-state index contributed by atoms with van der Waals surface area (Å²) in [5, 5.41) is 2.87. The maximum Gasteiger partial charge on any atom is 0.241 e. The second-order valence-corrected chi connectivity index (χ2v) is 5.64. The lowest BCUT2D eigenvalue weighted by atomic mass is 10.1. The number of rotatable bonds is 5. The SMILES string of the molecule is CSCC[C@H](N)C(=O)Nc1ccc2c(c1)CCCO2.Cl. The highest BCUT2D eigenvalue weighted by Gasteiger charge is 2.15. The highest BCUT2D eigenvalue weighted by Crippen LogP contribution is 2.27. The first kappa shape index (κ1) is 17.1. The van der Waals surface area contributed by atoms with Crippen LogP contribution in [0.15, 0.2) is 18.2 Å². The van der Waals surface area contributed by atoms with E-state index >= 15 is 0 Å². The summed E-state index contributed by atoms with van der Waals surface area (Å²) in [5.41, 5.74) is 7.79. The number of thioether (sulfide) groups is 1. The van der Waals surface area contributed by atoms with Crippen LogP contribution in [0, 0.1) is 0 Å². The van der Waals surface area contributed by atoms with Gasteiger partial charge in [0.05, 0.1) is 12.6 Å². The van der Waals surface area contributed by atoms with E-state index in [0.29, 0.717) is 6.42 Å². The molecule has 6 heteroatoms. The normalized spacial score (nSPS) is 14.5. The molecule has 0 saturated carbocycles. The zero-order valence-corrected chi connectivity index (χ0v) is 13.2. The van der Waals surface area contributed by atoms with Gasteiger partial charge in [0.2, 0.25) is 5.91 Å². The Morgan fingerprint density at radius 1 is 1.55 bits per heavy atom. The molecule has 2 rings (SSSR count). The largest absolute Gasteiger partial charge is 0.493 e. The lowest BCUT2D eigenvalue weighted by molar-refractivity contribution is -0.117. The van der Waals surface area contributed by atoms with Crippen LogP contribution in [0.25, 0.3) is 0 Å². The van der Waals surface area contributed by atoms with Crippen LogP contribution >= 0.6 is 24.2 Å². The van der Waals surface area contributed by atoms with Gasteiger partial charge in [0.25, 0.3) is 0 Å². The van der Waals surface area contributed by atoms with Gasteiger partial charge in [-0.15, -0.1) is 12.4 Å². The quantitative estimate of drug-likeness (QED) is 0.876. The predicted octanol–water partition coefficient (Wildman–Crippen LogP) is 2.45. The van der Waals surface area contributed by atoms with E-state index in [-0.39, 0.29) is 18.3 Å². The molecular weight excluding hydrogens is 296 g/mol. The number of carbonyl (C=O) groups excluding carboxylic acids is 1. The Hall–Kier alpha value is -0.910. The van der Waals surface area contributed by atoms with Crippen LogP contribution in [-0.2, 0) is 11.2 Å². The van der Waals surface area contributed by atoms with Crippen molar-refractivity contribution in [1.82, 2.24) is 0 Å². The van der Waals surface area contributed by atoms with Gasteiger partial charge in [-0.2, -0.15) is 11.8 Å². The highest BCUT2D eigenvalue weighted by molar-refractivity contribution is 7.98. The molecule has 1 heterocycles. The molecule has 0 aromatic heterocycles. The van der Waals surface area contributed by atoms with Crippen LogP contribution in [0.5, 0.6) is 5.75 Å². The van der Waals surface area contributed by atoms with E-state index in [9.17, 15) is 4.79 Å². The second-order valence-electron chi connectivity index (χ2n) is 4.65. The fourth-order valence-corrected chi connectivity index (χ4v) is 2.54. The van der Waals surface area contributed by atoms with E-state index in [1.54, 1.807) is 11.8 Å². The van der Waals surface area contributed by atoms with Gasteiger partial charge in [-0.05, 0) is 55.0 Å². The lowest BCUT2D eigenvalue weighted by Crippen LogP contribution is -2.36. The average Bonchev–Trinajstić information content (AvgIpc) is 2.44. The van der Waals surface area contributed by atoms with Crippen molar-refractivity contribution in [1.29, 1.82) is 0 Å². The molecule has 0 radical (unpaired) electrons. The minimum Gasteiger partial charge on any atom is -0.493 e. The number of aryl methyl sites for hydroxylation is 1. The number of benzene rings is 1. The van der Waals surface area contributed by atoms with Crippen LogP contribution in [0.1, 0.15) is 18.4 Å². The molecule has 0 saturated heterocycles. The molecule has 1 aliphatic heterocycles. The minimum atomic E-state index is -0.445. The van der Waals surface area contributed by atoms with Crippen molar-refractivity contribution in [3.63, 3.8) is 0 Å². The molecule has 1 aromatic rings. The average molecular weight is 317 g/mol. The fourth-order valence-electron chi connectivity index (χ4n) is 2.05. The number of anilines is 1. The van der Waals surface area contributed by atoms with Crippen molar-refractivity contribution in [3.8, 4) is 5.75 Å². The third kappa shape index (κ3) is 4.58. The Labute approximate surface area is 130 Å². The van der Waals surface area contributed by atoms with E-state index in [0.717, 1.165) is 42.2 Å². The first-order chi connectivity index (χ1) is 9.20. The third-order valence-electron chi connectivity index (χ3n) is 3.15. The van der Waals surface area contributed by atoms with Gasteiger partial charge in [-0.3, -0.25) is 4.79 Å². The van der Waals surface area contributed by atoms with Gasteiger partial charge in [0.15, 0.2) is 0 Å². The molecule has 3 N–H and O–H groups in total. The Morgan fingerprint density at radius 3 is 3.10 bits per heavy atom. The minimum absolute atomic E-state index is 0. The summed E-state index contributed by atoms with van der Waals surface area (Å²) in [7, 11) is 0. The molecule has 0 aliphatic carbocycles. The number of halogens is 1. The zero-order chi connectivity index (χ0) is 13.7. The number of fused-ring (bicyclic) bond motifs is 1. The Kier molecular flexibility index (Phi) is 7.19. The first-order valence-electron chi connectivity index (χ1n) is 6.52. The predicted molar refractivity (Wildman–Crippen MR) is 87.1 cm³/mol. The molecule has 0 bridgehead atoms. The van der Waals surface area contributed by atoms with Crippen LogP contribution in [0.2, 0.25) is 0 Å². The van der Waals surface area contributed by atoms with Crippen LogP contribution < -0.4 is 15.8 Å². The van der Waals surface area contributed by atoms with E-state index in [4.69, 9.17) is 10.5 Å². The molecule has 0 fully saturated rings. The molecule has 1 aliphatic rings. The highest BCUT2D eigenvalue weighted by atomic mass is 35.5. The van der Waals surface area contributed by atoms with Crippen molar-refractivity contribution in [2.45, 2.75) is 25.3 Å². The molecule has 0 spiro atoms.